The van der Waals surface area contributed by atoms with E-state index in [1.807, 2.05) is 188 Å². The second-order valence-corrected chi connectivity index (χ2v) is 38.6. The molecule has 0 amide bonds. The molecule has 0 unspecified atom stereocenters. The van der Waals surface area contributed by atoms with Gasteiger partial charge < -0.3 is 65.0 Å². The summed E-state index contributed by atoms with van der Waals surface area (Å²) in [6.45, 7) is 8.36. The van der Waals surface area contributed by atoms with E-state index in [1.54, 1.807) is 42.5 Å². The van der Waals surface area contributed by atoms with Crippen molar-refractivity contribution >= 4 is 95.1 Å². The highest BCUT2D eigenvalue weighted by Crippen LogP contribution is 2.39. The quantitative estimate of drug-likeness (QED) is 0.0182. The predicted molar refractivity (Wildman–Crippen MR) is 568 cm³/mol. The van der Waals surface area contributed by atoms with E-state index in [1.165, 1.54) is 107 Å². The minimum Gasteiger partial charge on any atom is -0.488 e. The van der Waals surface area contributed by atoms with Crippen LogP contribution in [0, 0.1) is 23.7 Å². The van der Waals surface area contributed by atoms with E-state index in [-0.39, 0.29) is 40.0 Å². The third-order valence-electron chi connectivity index (χ3n) is 28.4. The van der Waals surface area contributed by atoms with Crippen LogP contribution in [0.5, 0.6) is 28.7 Å². The van der Waals surface area contributed by atoms with Gasteiger partial charge in [0.1, 0.15) is 89.6 Å². The average Bonchev–Trinajstić information content (AvgIpc) is 0.842. The maximum Gasteiger partial charge on any atom is 0.339 e. The number of aliphatic hydroxyl groups is 1. The fourth-order valence-electron chi connectivity index (χ4n) is 20.3. The zero-order valence-corrected chi connectivity index (χ0v) is 81.7. The first-order chi connectivity index (χ1) is 69.2. The molecule has 18 heteroatoms. The van der Waals surface area contributed by atoms with Crippen LogP contribution < -0.4 is 34.3 Å². The molecule has 142 heavy (non-hydrogen) atoms. The van der Waals surface area contributed by atoms with Crippen molar-refractivity contribution in [2.24, 2.45) is 23.7 Å². The molecule has 0 radical (unpaired) electrons. The van der Waals surface area contributed by atoms with Crippen molar-refractivity contribution in [3.63, 3.8) is 0 Å². The number of benzene rings is 15. The fourth-order valence-corrected chi connectivity index (χ4v) is 20.3. The monoisotopic (exact) mass is 1900 g/mol. The fraction of sp³-hybridized carbons (Fsp3) is 0.315. The van der Waals surface area contributed by atoms with Crippen LogP contribution in [0.3, 0.4) is 0 Å². The summed E-state index contributed by atoms with van der Waals surface area (Å²) in [7, 11) is 0. The van der Waals surface area contributed by atoms with Gasteiger partial charge in [-0.1, -0.05) is 321 Å². The highest BCUT2D eigenvalue weighted by Gasteiger charge is 2.27. The van der Waals surface area contributed by atoms with Crippen molar-refractivity contribution in [1.82, 2.24) is 0 Å². The molecule has 4 aliphatic carbocycles. The Balaban J connectivity index is 0.000000134. The Hall–Kier alpha value is -14.5. The number of carboxylic acids is 5. The summed E-state index contributed by atoms with van der Waals surface area (Å²) >= 11 is 0. The lowest BCUT2D eigenvalue weighted by Crippen LogP contribution is -2.28. The summed E-state index contributed by atoms with van der Waals surface area (Å²) in [5.41, 5.74) is 11.4. The summed E-state index contributed by atoms with van der Waals surface area (Å²) in [6.07, 6.45) is 27.7. The van der Waals surface area contributed by atoms with E-state index in [4.69, 9.17) is 23.7 Å². The van der Waals surface area contributed by atoms with Gasteiger partial charge in [0.25, 0.3) is 0 Å². The van der Waals surface area contributed by atoms with Crippen molar-refractivity contribution in [1.29, 1.82) is 0 Å². The number of anilines is 2. The van der Waals surface area contributed by atoms with Crippen molar-refractivity contribution < 1.29 is 78.3 Å². The first-order valence-corrected chi connectivity index (χ1v) is 50.7. The van der Waals surface area contributed by atoms with Crippen molar-refractivity contribution in [3.8, 4) is 28.7 Å². The molecule has 4 saturated carbocycles. The summed E-state index contributed by atoms with van der Waals surface area (Å²) in [6, 6.07) is 98.8. The average molecular weight is 1910 g/mol. The molecule has 4 aliphatic rings. The number of aliphatic hydroxyl groups excluding tert-OH is 1. The Morgan fingerprint density at radius 3 is 0.972 bits per heavy atom. The summed E-state index contributed by atoms with van der Waals surface area (Å²) < 4.78 is 30.1. The minimum absolute atomic E-state index is 0.148. The maximum atomic E-state index is 11.7. The van der Waals surface area contributed by atoms with Crippen molar-refractivity contribution in [2.45, 2.75) is 226 Å². The Morgan fingerprint density at radius 2 is 0.613 bits per heavy atom. The highest BCUT2D eigenvalue weighted by atomic mass is 16.5. The van der Waals surface area contributed by atoms with E-state index in [9.17, 15) is 54.6 Å². The van der Waals surface area contributed by atoms with Gasteiger partial charge in [0.15, 0.2) is 0 Å². The molecule has 0 aromatic heterocycles. The van der Waals surface area contributed by atoms with Gasteiger partial charge in [-0.3, -0.25) is 0 Å². The number of hydrogen-bond acceptors (Lipinski definition) is 13. The van der Waals surface area contributed by atoms with Crippen LogP contribution in [-0.4, -0.2) is 78.7 Å². The van der Waals surface area contributed by atoms with E-state index in [0.29, 0.717) is 85.6 Å². The van der Waals surface area contributed by atoms with E-state index in [2.05, 4.69) is 104 Å². The van der Waals surface area contributed by atoms with E-state index < -0.39 is 29.8 Å². The first-order valence-electron chi connectivity index (χ1n) is 50.7. The molecule has 15 aromatic carbocycles. The minimum atomic E-state index is -1.01. The third kappa shape index (κ3) is 28.5. The number of carboxylic acid groups (broad SMARTS) is 5. The number of ether oxygens (including phenoxy) is 5. The topological polar surface area (TPSA) is 277 Å². The standard InChI is InChI=1S/C26H29NO3.2C26H28O3.C24H25NO4.C22H22O3/c1-18(19-8-3-2-4-9-19)27-22-14-15-24(26(28)29)25(16-22)30-17-21-12-7-11-20-10-5-6-13-23(20)21;1-18-9-11-19(12-10-18)15-20-13-14-24(26(27)28)25(16-20)29-17-22-7-4-6-21-5-2-3-8-23(21)22;27-26(28)24-15-14-20(16-19-8-3-1-2-4-9-19)17-25(24)29-18-22-12-7-11-21-10-5-6-13-23(21)22;26-20-11-8-18(9-12-20)25-19-10-13-22(24(27)28)23(14-19)29-15-17-6-3-5-16-4-1-2-7-21(16)17;1-2-3-7-16-12-13-20(22(23)24)21(14-16)25-15-18-10-6-9-17-8-4-5-11-19(17)18/h5-7,10-16,18-19,27H,2-4,8-9,17H2,1H3,(H,28,29);2-8,13-14,16,18-19H,9-12,15,17H2,1H3,(H,27,28);5-7,10-15,17,19H,1-4,8-9,16,18H2,(H,27,28);1-7,10,13-14,18,20,25-26H,8-9,11-12,15H2,(H,27,28);4-6,8-14H,2-3,7,15H2,1H3,(H,23,24)/t18-;;;;/m0..../s1. The van der Waals surface area contributed by atoms with Crippen molar-refractivity contribution in [3.05, 3.63) is 376 Å². The molecule has 0 bridgehead atoms. The molecule has 0 saturated heterocycles. The molecule has 0 heterocycles. The van der Waals surface area contributed by atoms with Crippen LogP contribution in [0.25, 0.3) is 53.9 Å². The smallest absolute Gasteiger partial charge is 0.339 e. The lowest BCUT2D eigenvalue weighted by atomic mass is 9.80. The van der Waals surface area contributed by atoms with Gasteiger partial charge in [0.05, 0.1) is 6.10 Å². The molecule has 0 spiro atoms. The van der Waals surface area contributed by atoms with Crippen LogP contribution in [0.2, 0.25) is 0 Å². The first kappa shape index (κ1) is 102. The Labute approximate surface area is 833 Å². The summed E-state index contributed by atoms with van der Waals surface area (Å²) in [5.74, 6) is 0.162. The molecular formula is C124H132N2O16. The second-order valence-electron chi connectivity index (χ2n) is 38.6. The summed E-state index contributed by atoms with van der Waals surface area (Å²) in [4.78, 5) is 58.3. The molecule has 4 fully saturated rings. The molecule has 734 valence electrons. The molecule has 18 nitrogen and oxygen atoms in total. The van der Waals surface area contributed by atoms with Gasteiger partial charge in [0, 0.05) is 35.6 Å². The molecule has 15 aromatic rings. The normalized spacial score (nSPS) is 16.1. The Kier molecular flexibility index (Phi) is 36.7. The molecule has 1 atom stereocenters. The van der Waals surface area contributed by atoms with Crippen molar-refractivity contribution in [2.75, 3.05) is 10.6 Å². The zero-order chi connectivity index (χ0) is 99.1. The predicted octanol–water partition coefficient (Wildman–Crippen LogP) is 29.9. The number of carbonyl (C=O) groups is 5. The van der Waals surface area contributed by atoms with Gasteiger partial charge in [-0.05, 0) is 267 Å². The molecule has 0 aliphatic heterocycles. The Morgan fingerprint density at radius 1 is 0.317 bits per heavy atom. The number of aromatic carboxylic acids is 5. The van der Waals surface area contributed by atoms with Crippen LogP contribution in [0.15, 0.2) is 303 Å². The number of unbranched alkanes of at least 4 members (excludes halogenated alkanes) is 1. The van der Waals surface area contributed by atoms with Crippen LogP contribution in [0.4, 0.5) is 11.4 Å². The number of aryl methyl sites for hydroxylation is 1. The van der Waals surface area contributed by atoms with Gasteiger partial charge in [-0.25, -0.2) is 24.0 Å². The number of rotatable bonds is 32. The van der Waals surface area contributed by atoms with Crippen LogP contribution >= 0.6 is 0 Å². The van der Waals surface area contributed by atoms with Gasteiger partial charge >= 0.3 is 29.8 Å². The lowest BCUT2D eigenvalue weighted by molar-refractivity contribution is 0.0680. The Bertz CT molecular complexity index is 6590. The second kappa shape index (κ2) is 51.1. The van der Waals surface area contributed by atoms with Gasteiger partial charge in [-0.2, -0.15) is 0 Å². The largest absolute Gasteiger partial charge is 0.488 e. The highest BCUT2D eigenvalue weighted by molar-refractivity contribution is 5.95. The molecule has 19 rings (SSSR count). The van der Waals surface area contributed by atoms with Crippen LogP contribution in [-0.2, 0) is 52.3 Å². The lowest BCUT2D eigenvalue weighted by Gasteiger charge is -2.29. The molecule has 8 N–H and O–H groups in total. The van der Waals surface area contributed by atoms with E-state index in [0.717, 1.165) is 162 Å². The molecular weight excluding hydrogens is 1770 g/mol. The van der Waals surface area contributed by atoms with Crippen LogP contribution in [0.1, 0.15) is 252 Å². The van der Waals surface area contributed by atoms with Gasteiger partial charge in [0.2, 0.25) is 0 Å². The van der Waals surface area contributed by atoms with E-state index >= 15 is 0 Å². The number of hydrogen-bond donors (Lipinski definition) is 8. The maximum absolute atomic E-state index is 11.7. The third-order valence-corrected chi connectivity index (χ3v) is 28.4. The summed E-state index contributed by atoms with van der Waals surface area (Å²) in [5, 5.41) is 75.9. The zero-order valence-electron chi connectivity index (χ0n) is 81.7. The van der Waals surface area contributed by atoms with Gasteiger partial charge in [-0.15, -0.1) is 0 Å². The SMILES string of the molecule is CC1CCC(Cc2ccc(C(=O)O)c(OCc3cccc4ccccc34)c2)CC1.CCCCc1ccc(C(=O)O)c(OCc2cccc3ccccc23)c1.C[C@H](Nc1ccc(C(=O)O)c(OCc2cccc3ccccc23)c1)C1CCCCC1.O=C(O)c1ccc(CC2CCCCCC2)cc1OCc1cccc2ccccc12.O=C(O)c1ccc(NC2CCC(O)CC2)cc1OCc1cccc2ccccc12. The number of fused-ring (bicyclic) bond motifs is 5. The number of nitrogens with one attached hydrogen (secondary N) is 2.